The second-order valence-electron chi connectivity index (χ2n) is 7.71. The third-order valence-electron chi connectivity index (χ3n) is 5.47. The SMILES string of the molecule is Cc1ccn(CC(C)C(=O)N2CCC3(CC2)Nc2ccccc2S(=O)(=O)N3)n1. The molecule has 1 unspecified atom stereocenters. The molecular formula is C19H25N5O3S. The van der Waals surface area contributed by atoms with Crippen LogP contribution in [0.25, 0.3) is 0 Å². The highest BCUT2D eigenvalue weighted by Gasteiger charge is 2.44. The summed E-state index contributed by atoms with van der Waals surface area (Å²) in [5, 5.41) is 7.70. The Morgan fingerprint density at radius 3 is 2.64 bits per heavy atom. The lowest BCUT2D eigenvalue weighted by molar-refractivity contribution is -0.137. The van der Waals surface area contributed by atoms with Crippen molar-refractivity contribution in [3.63, 3.8) is 0 Å². The van der Waals surface area contributed by atoms with E-state index >= 15 is 0 Å². The molecule has 3 heterocycles. The molecule has 9 heteroatoms. The van der Waals surface area contributed by atoms with E-state index in [-0.39, 0.29) is 16.7 Å². The summed E-state index contributed by atoms with van der Waals surface area (Å²) >= 11 is 0. The molecule has 150 valence electrons. The van der Waals surface area contributed by atoms with Crippen LogP contribution in [-0.4, -0.2) is 47.8 Å². The molecule has 2 N–H and O–H groups in total. The second-order valence-corrected chi connectivity index (χ2v) is 9.37. The number of nitrogens with one attached hydrogen (secondary N) is 2. The monoisotopic (exact) mass is 403 g/mol. The van der Waals surface area contributed by atoms with Gasteiger partial charge >= 0.3 is 0 Å². The highest BCUT2D eigenvalue weighted by Crippen LogP contribution is 2.34. The number of aromatic nitrogens is 2. The first kappa shape index (κ1) is 18.9. The zero-order valence-electron chi connectivity index (χ0n) is 16.1. The van der Waals surface area contributed by atoms with Crippen molar-refractivity contribution in [2.24, 2.45) is 5.92 Å². The molecule has 1 atom stereocenters. The number of hydrogen-bond acceptors (Lipinski definition) is 5. The van der Waals surface area contributed by atoms with Gasteiger partial charge in [0, 0.05) is 32.1 Å². The number of likely N-dealkylation sites (tertiary alicyclic amines) is 1. The van der Waals surface area contributed by atoms with Crippen LogP contribution in [0.2, 0.25) is 0 Å². The Morgan fingerprint density at radius 2 is 1.96 bits per heavy atom. The number of nitrogens with zero attached hydrogens (tertiary/aromatic N) is 3. The van der Waals surface area contributed by atoms with Gasteiger partial charge in [-0.1, -0.05) is 19.1 Å². The van der Waals surface area contributed by atoms with E-state index in [9.17, 15) is 13.2 Å². The van der Waals surface area contributed by atoms with Crippen molar-refractivity contribution in [3.05, 3.63) is 42.2 Å². The number of anilines is 1. The summed E-state index contributed by atoms with van der Waals surface area (Å²) in [5.41, 5.74) is 0.797. The smallest absolute Gasteiger partial charge is 0.244 e. The largest absolute Gasteiger partial charge is 0.365 e. The summed E-state index contributed by atoms with van der Waals surface area (Å²) in [6.07, 6.45) is 2.91. The predicted octanol–water partition coefficient (Wildman–Crippen LogP) is 1.55. The number of fused-ring (bicyclic) bond motifs is 1. The molecule has 28 heavy (non-hydrogen) atoms. The van der Waals surface area contributed by atoms with E-state index < -0.39 is 15.7 Å². The molecule has 0 bridgehead atoms. The van der Waals surface area contributed by atoms with Gasteiger partial charge in [0.05, 0.1) is 23.8 Å². The Labute approximate surface area is 165 Å². The lowest BCUT2D eigenvalue weighted by atomic mass is 9.96. The van der Waals surface area contributed by atoms with E-state index in [2.05, 4.69) is 15.1 Å². The molecule has 1 aromatic heterocycles. The van der Waals surface area contributed by atoms with Crippen LogP contribution in [-0.2, 0) is 21.4 Å². The number of sulfonamides is 1. The van der Waals surface area contributed by atoms with Gasteiger partial charge in [-0.05, 0) is 25.1 Å². The van der Waals surface area contributed by atoms with Crippen molar-refractivity contribution >= 4 is 21.6 Å². The standard InChI is InChI=1S/C19H25N5O3S/c1-14(13-24-10-7-15(2)21-24)18(25)23-11-8-19(9-12-23)20-16-5-3-4-6-17(16)28(26,27)22-19/h3-7,10,14,20,22H,8-9,11-13H2,1-2H3. The maximum absolute atomic E-state index is 12.8. The minimum Gasteiger partial charge on any atom is -0.365 e. The molecule has 0 radical (unpaired) electrons. The lowest BCUT2D eigenvalue weighted by Crippen LogP contribution is -2.62. The topological polar surface area (TPSA) is 96.3 Å². The van der Waals surface area contributed by atoms with Crippen LogP contribution in [0.1, 0.15) is 25.5 Å². The quantitative estimate of drug-likeness (QED) is 0.811. The van der Waals surface area contributed by atoms with Gasteiger partial charge in [0.25, 0.3) is 0 Å². The fourth-order valence-corrected chi connectivity index (χ4v) is 5.52. The highest BCUT2D eigenvalue weighted by atomic mass is 32.2. The Morgan fingerprint density at radius 1 is 1.25 bits per heavy atom. The molecule has 1 saturated heterocycles. The molecule has 2 aliphatic rings. The number of carbonyl (C=O) groups excluding carboxylic acids is 1. The normalized spacial score (nSPS) is 21.0. The van der Waals surface area contributed by atoms with E-state index in [1.165, 1.54) is 0 Å². The summed E-state index contributed by atoms with van der Waals surface area (Å²) in [5.74, 6) is -0.118. The van der Waals surface area contributed by atoms with Crippen molar-refractivity contribution in [2.45, 2.75) is 43.8 Å². The fraction of sp³-hybridized carbons (Fsp3) is 0.474. The fourth-order valence-electron chi connectivity index (χ4n) is 3.97. The average Bonchev–Trinajstić information content (AvgIpc) is 3.06. The number of carbonyl (C=O) groups is 1. The van der Waals surface area contributed by atoms with E-state index in [0.717, 1.165) is 5.69 Å². The highest BCUT2D eigenvalue weighted by molar-refractivity contribution is 7.89. The first-order valence-electron chi connectivity index (χ1n) is 9.48. The Hall–Kier alpha value is -2.39. The van der Waals surface area contributed by atoms with Gasteiger partial charge in [-0.15, -0.1) is 0 Å². The molecule has 1 spiro atoms. The van der Waals surface area contributed by atoms with Crippen molar-refractivity contribution < 1.29 is 13.2 Å². The molecule has 2 aromatic rings. The number of amides is 1. The Kier molecular flexibility index (Phi) is 4.67. The maximum Gasteiger partial charge on any atom is 0.244 e. The number of hydrogen-bond donors (Lipinski definition) is 2. The number of aryl methyl sites for hydroxylation is 1. The van der Waals surface area contributed by atoms with Crippen LogP contribution in [0, 0.1) is 12.8 Å². The van der Waals surface area contributed by atoms with Gasteiger partial charge in [-0.2, -0.15) is 9.82 Å². The lowest BCUT2D eigenvalue weighted by Gasteiger charge is -2.46. The van der Waals surface area contributed by atoms with E-state index in [4.69, 9.17) is 0 Å². The van der Waals surface area contributed by atoms with Crippen LogP contribution in [0.3, 0.4) is 0 Å². The maximum atomic E-state index is 12.8. The number of piperidine rings is 1. The first-order chi connectivity index (χ1) is 13.3. The summed E-state index contributed by atoms with van der Waals surface area (Å²) in [7, 11) is -3.57. The summed E-state index contributed by atoms with van der Waals surface area (Å²) in [4.78, 5) is 14.9. The Bertz CT molecular complexity index is 993. The number of para-hydroxylation sites is 1. The minimum atomic E-state index is -3.57. The van der Waals surface area contributed by atoms with Gasteiger partial charge in [0.15, 0.2) is 0 Å². The summed E-state index contributed by atoms with van der Waals surface area (Å²) < 4.78 is 29.9. The van der Waals surface area contributed by atoms with Gasteiger partial charge in [0.1, 0.15) is 10.6 Å². The minimum absolute atomic E-state index is 0.0714. The molecular weight excluding hydrogens is 378 g/mol. The molecule has 0 aliphatic carbocycles. The van der Waals surface area contributed by atoms with Gasteiger partial charge in [-0.3, -0.25) is 9.48 Å². The number of benzene rings is 1. The van der Waals surface area contributed by atoms with Crippen LogP contribution in [0.5, 0.6) is 0 Å². The van der Waals surface area contributed by atoms with Crippen molar-refractivity contribution in [1.29, 1.82) is 0 Å². The van der Waals surface area contributed by atoms with Gasteiger partial charge in [0.2, 0.25) is 15.9 Å². The molecule has 1 aromatic carbocycles. The zero-order chi connectivity index (χ0) is 19.9. The van der Waals surface area contributed by atoms with Crippen molar-refractivity contribution in [2.75, 3.05) is 18.4 Å². The average molecular weight is 404 g/mol. The second kappa shape index (κ2) is 6.89. The van der Waals surface area contributed by atoms with Crippen LogP contribution in [0.4, 0.5) is 5.69 Å². The van der Waals surface area contributed by atoms with E-state index in [1.54, 1.807) is 22.9 Å². The molecule has 4 rings (SSSR count). The predicted molar refractivity (Wildman–Crippen MR) is 105 cm³/mol. The van der Waals surface area contributed by atoms with E-state index in [0.29, 0.717) is 38.2 Å². The first-order valence-corrected chi connectivity index (χ1v) is 11.0. The molecule has 2 aliphatic heterocycles. The van der Waals surface area contributed by atoms with Crippen LogP contribution in [0.15, 0.2) is 41.4 Å². The molecule has 0 saturated carbocycles. The van der Waals surface area contributed by atoms with Crippen LogP contribution >= 0.6 is 0 Å². The molecule has 1 amide bonds. The zero-order valence-corrected chi connectivity index (χ0v) is 16.9. The third-order valence-corrected chi connectivity index (χ3v) is 7.06. The van der Waals surface area contributed by atoms with Crippen molar-refractivity contribution in [3.8, 4) is 0 Å². The number of rotatable bonds is 3. The third kappa shape index (κ3) is 3.51. The Balaban J connectivity index is 1.42. The van der Waals surface area contributed by atoms with E-state index in [1.807, 2.05) is 37.1 Å². The summed E-state index contributed by atoms with van der Waals surface area (Å²) in [6, 6.07) is 8.82. The van der Waals surface area contributed by atoms with Gasteiger partial charge < -0.3 is 10.2 Å². The van der Waals surface area contributed by atoms with Crippen LogP contribution < -0.4 is 10.0 Å². The molecule has 8 nitrogen and oxygen atoms in total. The van der Waals surface area contributed by atoms with Crippen molar-refractivity contribution in [1.82, 2.24) is 19.4 Å². The van der Waals surface area contributed by atoms with Gasteiger partial charge in [-0.25, -0.2) is 8.42 Å². The molecule has 1 fully saturated rings. The summed E-state index contributed by atoms with van der Waals surface area (Å²) in [6.45, 7) is 5.36.